The summed E-state index contributed by atoms with van der Waals surface area (Å²) in [6, 6.07) is 11.3. The van der Waals surface area contributed by atoms with Crippen LogP contribution in [0, 0.1) is 17.0 Å². The van der Waals surface area contributed by atoms with Gasteiger partial charge < -0.3 is 10.5 Å². The largest absolute Gasteiger partial charge is 0.452 e. The molecule has 0 aliphatic rings. The normalized spacial score (nSPS) is 10.4. The van der Waals surface area contributed by atoms with Gasteiger partial charge in [0.05, 0.1) is 16.2 Å². The van der Waals surface area contributed by atoms with Crippen LogP contribution >= 0.6 is 11.3 Å². The molecular weight excluding hydrogens is 396 g/mol. The number of nitrogen functional groups attached to an aromatic ring is 1. The average molecular weight is 412 g/mol. The third-order valence-corrected chi connectivity index (χ3v) is 4.65. The van der Waals surface area contributed by atoms with E-state index in [0.717, 1.165) is 22.9 Å². The van der Waals surface area contributed by atoms with E-state index >= 15 is 0 Å². The number of nitro groups is 1. The van der Waals surface area contributed by atoms with E-state index in [0.29, 0.717) is 5.13 Å². The molecule has 10 heteroatoms. The number of thiazole rings is 1. The van der Waals surface area contributed by atoms with E-state index < -0.39 is 29.1 Å². The van der Waals surface area contributed by atoms with Crippen molar-refractivity contribution in [1.82, 2.24) is 4.98 Å². The molecular formula is C19H16N4O5S. The molecule has 0 atom stereocenters. The van der Waals surface area contributed by atoms with Crippen molar-refractivity contribution in [3.05, 3.63) is 69.1 Å². The van der Waals surface area contributed by atoms with Gasteiger partial charge >= 0.3 is 5.97 Å². The Kier molecular flexibility index (Phi) is 5.84. The molecule has 148 valence electrons. The van der Waals surface area contributed by atoms with E-state index in [4.69, 9.17) is 10.5 Å². The molecule has 0 radical (unpaired) electrons. The van der Waals surface area contributed by atoms with Gasteiger partial charge in [-0.05, 0) is 19.1 Å². The first-order chi connectivity index (χ1) is 13.8. The van der Waals surface area contributed by atoms with E-state index in [1.165, 1.54) is 23.5 Å². The summed E-state index contributed by atoms with van der Waals surface area (Å²) in [5.74, 6) is -1.45. The third kappa shape index (κ3) is 4.93. The van der Waals surface area contributed by atoms with Gasteiger partial charge in [0.25, 0.3) is 11.6 Å². The highest BCUT2D eigenvalue weighted by Crippen LogP contribution is 2.25. The quantitative estimate of drug-likeness (QED) is 0.274. The summed E-state index contributed by atoms with van der Waals surface area (Å²) in [6.07, 6.45) is 0. The van der Waals surface area contributed by atoms with Crippen molar-refractivity contribution < 1.29 is 19.2 Å². The summed E-state index contributed by atoms with van der Waals surface area (Å²) in [7, 11) is 0. The van der Waals surface area contributed by atoms with Crippen LogP contribution in [-0.2, 0) is 9.53 Å². The van der Waals surface area contributed by atoms with Crippen LogP contribution in [0.15, 0.2) is 47.8 Å². The van der Waals surface area contributed by atoms with Gasteiger partial charge in [-0.15, -0.1) is 11.3 Å². The molecule has 0 aliphatic carbocycles. The number of nitro benzene ring substituents is 1. The summed E-state index contributed by atoms with van der Waals surface area (Å²) in [5, 5.41) is 15.6. The second-order valence-electron chi connectivity index (χ2n) is 6.06. The Morgan fingerprint density at radius 1 is 1.24 bits per heavy atom. The molecule has 1 aromatic heterocycles. The number of nitrogens with zero attached hydrogens (tertiary/aromatic N) is 2. The monoisotopic (exact) mass is 412 g/mol. The lowest BCUT2D eigenvalue weighted by atomic mass is 10.1. The number of nitrogens with one attached hydrogen (secondary N) is 1. The molecule has 1 heterocycles. The highest BCUT2D eigenvalue weighted by molar-refractivity contribution is 7.14. The van der Waals surface area contributed by atoms with E-state index in [9.17, 15) is 19.7 Å². The van der Waals surface area contributed by atoms with Crippen LogP contribution in [0.5, 0.6) is 0 Å². The molecule has 29 heavy (non-hydrogen) atoms. The number of aryl methyl sites for hydroxylation is 1. The Morgan fingerprint density at radius 2 is 1.97 bits per heavy atom. The summed E-state index contributed by atoms with van der Waals surface area (Å²) in [5.41, 5.74) is 7.70. The van der Waals surface area contributed by atoms with Crippen LogP contribution in [0.25, 0.3) is 11.3 Å². The molecule has 0 bridgehead atoms. The van der Waals surface area contributed by atoms with Crippen molar-refractivity contribution >= 4 is 39.7 Å². The SMILES string of the molecule is Cc1ccc(-c2csc(NC(=O)COC(=O)c3ccc(N)c([N+](=O)[O-])c3)n2)cc1. The molecule has 0 unspecified atom stereocenters. The fraction of sp³-hybridized carbons (Fsp3) is 0.105. The van der Waals surface area contributed by atoms with Crippen LogP contribution in [0.2, 0.25) is 0 Å². The topological polar surface area (TPSA) is 137 Å². The first kappa shape index (κ1) is 20.0. The van der Waals surface area contributed by atoms with Gasteiger partial charge in [-0.2, -0.15) is 0 Å². The van der Waals surface area contributed by atoms with Crippen LogP contribution in [0.3, 0.4) is 0 Å². The number of carbonyl (C=O) groups is 2. The smallest absolute Gasteiger partial charge is 0.338 e. The van der Waals surface area contributed by atoms with Crippen molar-refractivity contribution in [1.29, 1.82) is 0 Å². The number of rotatable bonds is 6. The van der Waals surface area contributed by atoms with E-state index in [1.807, 2.05) is 31.2 Å². The molecule has 3 rings (SSSR count). The summed E-state index contributed by atoms with van der Waals surface area (Å²) >= 11 is 1.24. The Morgan fingerprint density at radius 3 is 2.66 bits per heavy atom. The highest BCUT2D eigenvalue weighted by atomic mass is 32.1. The van der Waals surface area contributed by atoms with Gasteiger partial charge in [-0.25, -0.2) is 9.78 Å². The number of hydrogen-bond acceptors (Lipinski definition) is 8. The van der Waals surface area contributed by atoms with Crippen LogP contribution in [0.1, 0.15) is 15.9 Å². The first-order valence-electron chi connectivity index (χ1n) is 8.37. The lowest BCUT2D eigenvalue weighted by Crippen LogP contribution is -2.21. The second kappa shape index (κ2) is 8.48. The zero-order chi connectivity index (χ0) is 21.0. The van der Waals surface area contributed by atoms with Gasteiger partial charge in [0.2, 0.25) is 0 Å². The number of hydrogen-bond donors (Lipinski definition) is 2. The molecule has 0 spiro atoms. The van der Waals surface area contributed by atoms with Crippen molar-refractivity contribution in [2.24, 2.45) is 0 Å². The maximum Gasteiger partial charge on any atom is 0.338 e. The lowest BCUT2D eigenvalue weighted by molar-refractivity contribution is -0.383. The Labute approximate surface area is 169 Å². The zero-order valence-corrected chi connectivity index (χ0v) is 16.1. The van der Waals surface area contributed by atoms with Crippen molar-refractivity contribution in [2.45, 2.75) is 6.92 Å². The maximum absolute atomic E-state index is 12.0. The van der Waals surface area contributed by atoms with Gasteiger partial charge in [-0.1, -0.05) is 29.8 Å². The molecule has 0 saturated heterocycles. The highest BCUT2D eigenvalue weighted by Gasteiger charge is 2.18. The second-order valence-corrected chi connectivity index (χ2v) is 6.92. The number of anilines is 2. The molecule has 3 aromatic rings. The molecule has 2 aromatic carbocycles. The van der Waals surface area contributed by atoms with E-state index in [1.54, 1.807) is 5.38 Å². The number of nitrogens with two attached hydrogens (primary N) is 1. The van der Waals surface area contributed by atoms with Crippen molar-refractivity contribution in [3.63, 3.8) is 0 Å². The van der Waals surface area contributed by atoms with Gasteiger partial charge in [0.1, 0.15) is 5.69 Å². The molecule has 0 saturated carbocycles. The molecule has 0 aliphatic heterocycles. The van der Waals surface area contributed by atoms with Gasteiger partial charge in [0, 0.05) is 17.0 Å². The minimum atomic E-state index is -0.872. The Bertz CT molecular complexity index is 1080. The number of amides is 1. The van der Waals surface area contributed by atoms with Crippen LogP contribution in [0.4, 0.5) is 16.5 Å². The molecule has 9 nitrogen and oxygen atoms in total. The maximum atomic E-state index is 12.0. The molecule has 3 N–H and O–H groups in total. The lowest BCUT2D eigenvalue weighted by Gasteiger charge is -2.05. The van der Waals surface area contributed by atoms with Crippen LogP contribution in [-0.4, -0.2) is 28.4 Å². The minimum absolute atomic E-state index is 0.0718. The Balaban J connectivity index is 1.58. The predicted molar refractivity (Wildman–Crippen MR) is 109 cm³/mol. The minimum Gasteiger partial charge on any atom is -0.452 e. The number of ether oxygens (including phenoxy) is 1. The number of carbonyl (C=O) groups excluding carboxylic acids is 2. The van der Waals surface area contributed by atoms with Crippen molar-refractivity contribution in [3.8, 4) is 11.3 Å². The van der Waals surface area contributed by atoms with E-state index in [2.05, 4.69) is 10.3 Å². The Hall–Kier alpha value is -3.79. The summed E-state index contributed by atoms with van der Waals surface area (Å²) < 4.78 is 4.90. The fourth-order valence-corrected chi connectivity index (χ4v) is 3.12. The number of aromatic nitrogens is 1. The van der Waals surface area contributed by atoms with Gasteiger partial charge in [0.15, 0.2) is 11.7 Å². The summed E-state index contributed by atoms with van der Waals surface area (Å²) in [6.45, 7) is 1.43. The summed E-state index contributed by atoms with van der Waals surface area (Å²) in [4.78, 5) is 38.6. The first-order valence-corrected chi connectivity index (χ1v) is 9.25. The average Bonchev–Trinajstić information content (AvgIpc) is 3.15. The third-order valence-electron chi connectivity index (χ3n) is 3.90. The molecule has 1 amide bonds. The number of esters is 1. The standard InChI is InChI=1S/C19H16N4O5S/c1-11-2-4-12(5-3-11)15-10-29-19(21-15)22-17(24)9-28-18(25)13-6-7-14(20)16(8-13)23(26)27/h2-8,10H,9,20H2,1H3,(H,21,22,24). The zero-order valence-electron chi connectivity index (χ0n) is 15.2. The fourth-order valence-electron chi connectivity index (χ4n) is 2.39. The van der Waals surface area contributed by atoms with Crippen LogP contribution < -0.4 is 11.1 Å². The predicted octanol–water partition coefficient (Wildman–Crippen LogP) is 3.40. The number of benzene rings is 2. The van der Waals surface area contributed by atoms with Crippen molar-refractivity contribution in [2.75, 3.05) is 17.7 Å². The van der Waals surface area contributed by atoms with E-state index in [-0.39, 0.29) is 11.3 Å². The van der Waals surface area contributed by atoms with Gasteiger partial charge in [-0.3, -0.25) is 20.2 Å². The molecule has 0 fully saturated rings.